The van der Waals surface area contributed by atoms with Crippen LogP contribution in [0.5, 0.6) is 0 Å². The van der Waals surface area contributed by atoms with Crippen LogP contribution < -0.4 is 5.73 Å². The van der Waals surface area contributed by atoms with E-state index in [1.165, 1.54) is 0 Å². The normalized spacial score (nSPS) is 21.0. The zero-order valence-corrected chi connectivity index (χ0v) is 11.5. The van der Waals surface area contributed by atoms with Gasteiger partial charge in [-0.15, -0.1) is 12.4 Å². The van der Waals surface area contributed by atoms with Gasteiger partial charge in [0.05, 0.1) is 5.92 Å². The standard InChI is InChI=1S/C14H20N2O.ClH/c1-11(12-6-3-2-4-7-12)14(17)16-9-5-8-13(15)10-16;/h2-4,6-7,11,13H,5,8-10,15H2,1H3;1H. The number of halogens is 1. The Bertz CT molecular complexity index is 383. The fraction of sp³-hybridized carbons (Fsp3) is 0.500. The van der Waals surface area contributed by atoms with E-state index in [0.717, 1.165) is 24.9 Å². The number of hydrogen-bond donors (Lipinski definition) is 1. The summed E-state index contributed by atoms with van der Waals surface area (Å²) in [5.41, 5.74) is 6.99. The van der Waals surface area contributed by atoms with Crippen molar-refractivity contribution in [2.45, 2.75) is 31.7 Å². The first-order valence-corrected chi connectivity index (χ1v) is 6.28. The number of carbonyl (C=O) groups excluding carboxylic acids is 1. The van der Waals surface area contributed by atoms with E-state index in [9.17, 15) is 4.79 Å². The summed E-state index contributed by atoms with van der Waals surface area (Å²) in [6.45, 7) is 3.53. The van der Waals surface area contributed by atoms with Gasteiger partial charge in [0.25, 0.3) is 0 Å². The summed E-state index contributed by atoms with van der Waals surface area (Å²) in [6, 6.07) is 10.1. The van der Waals surface area contributed by atoms with Crippen LogP contribution in [0.4, 0.5) is 0 Å². The van der Waals surface area contributed by atoms with Crippen molar-refractivity contribution in [3.05, 3.63) is 35.9 Å². The molecule has 0 saturated carbocycles. The lowest BCUT2D eigenvalue weighted by atomic mass is 9.98. The van der Waals surface area contributed by atoms with E-state index in [0.29, 0.717) is 6.54 Å². The first-order valence-electron chi connectivity index (χ1n) is 6.28. The summed E-state index contributed by atoms with van der Waals surface area (Å²) in [7, 11) is 0. The Labute approximate surface area is 115 Å². The second kappa shape index (κ2) is 6.76. The van der Waals surface area contributed by atoms with Crippen LogP contribution in [0.1, 0.15) is 31.2 Å². The molecule has 1 aliphatic heterocycles. The van der Waals surface area contributed by atoms with Crippen LogP contribution in [0, 0.1) is 0 Å². The van der Waals surface area contributed by atoms with Gasteiger partial charge in [0.2, 0.25) is 5.91 Å². The van der Waals surface area contributed by atoms with Gasteiger partial charge in [-0.2, -0.15) is 0 Å². The summed E-state index contributed by atoms with van der Waals surface area (Å²) in [4.78, 5) is 14.2. The molecule has 0 spiro atoms. The maximum absolute atomic E-state index is 12.3. The van der Waals surface area contributed by atoms with Gasteiger partial charge in [0.15, 0.2) is 0 Å². The molecule has 18 heavy (non-hydrogen) atoms. The van der Waals surface area contributed by atoms with Crippen LogP contribution in [0.15, 0.2) is 30.3 Å². The van der Waals surface area contributed by atoms with Crippen molar-refractivity contribution in [3.8, 4) is 0 Å². The summed E-state index contributed by atoms with van der Waals surface area (Å²) in [5, 5.41) is 0. The van der Waals surface area contributed by atoms with Crippen LogP contribution in [0.25, 0.3) is 0 Å². The van der Waals surface area contributed by atoms with Crippen LogP contribution in [-0.4, -0.2) is 29.9 Å². The first-order chi connectivity index (χ1) is 8.18. The van der Waals surface area contributed by atoms with Crippen LogP contribution in [0.2, 0.25) is 0 Å². The lowest BCUT2D eigenvalue weighted by Crippen LogP contribution is -2.47. The number of nitrogens with zero attached hydrogens (tertiary/aromatic N) is 1. The zero-order chi connectivity index (χ0) is 12.3. The molecule has 3 nitrogen and oxygen atoms in total. The molecule has 2 rings (SSSR count). The molecule has 0 aliphatic carbocycles. The third-order valence-electron chi connectivity index (χ3n) is 3.44. The molecule has 0 bridgehead atoms. The smallest absolute Gasteiger partial charge is 0.229 e. The average molecular weight is 269 g/mol. The summed E-state index contributed by atoms with van der Waals surface area (Å²) < 4.78 is 0. The van der Waals surface area contributed by atoms with Crippen molar-refractivity contribution >= 4 is 18.3 Å². The fourth-order valence-corrected chi connectivity index (χ4v) is 2.37. The molecule has 0 radical (unpaired) electrons. The van der Waals surface area contributed by atoms with E-state index in [2.05, 4.69) is 0 Å². The van der Waals surface area contributed by atoms with Crippen molar-refractivity contribution in [2.75, 3.05) is 13.1 Å². The number of amides is 1. The molecule has 1 fully saturated rings. The van der Waals surface area contributed by atoms with Crippen molar-refractivity contribution in [1.29, 1.82) is 0 Å². The van der Waals surface area contributed by atoms with E-state index in [4.69, 9.17) is 5.73 Å². The van der Waals surface area contributed by atoms with Gasteiger partial charge in [0.1, 0.15) is 0 Å². The molecule has 2 N–H and O–H groups in total. The first kappa shape index (κ1) is 15.0. The fourth-order valence-electron chi connectivity index (χ4n) is 2.37. The Morgan fingerprint density at radius 2 is 2.06 bits per heavy atom. The largest absolute Gasteiger partial charge is 0.341 e. The van der Waals surface area contributed by atoms with Gasteiger partial charge >= 0.3 is 0 Å². The van der Waals surface area contributed by atoms with Crippen molar-refractivity contribution < 1.29 is 4.79 Å². The minimum atomic E-state index is -0.0681. The highest BCUT2D eigenvalue weighted by Gasteiger charge is 2.25. The maximum Gasteiger partial charge on any atom is 0.229 e. The lowest BCUT2D eigenvalue weighted by Gasteiger charge is -2.32. The number of benzene rings is 1. The minimum absolute atomic E-state index is 0. The Hall–Kier alpha value is -1.06. The van der Waals surface area contributed by atoms with Gasteiger partial charge in [-0.1, -0.05) is 30.3 Å². The molecule has 2 atom stereocenters. The Kier molecular flexibility index (Phi) is 5.63. The number of carbonyl (C=O) groups is 1. The average Bonchev–Trinajstić information content (AvgIpc) is 2.38. The molecular weight excluding hydrogens is 248 g/mol. The lowest BCUT2D eigenvalue weighted by molar-refractivity contribution is -0.133. The molecule has 2 unspecified atom stereocenters. The monoisotopic (exact) mass is 268 g/mol. The number of likely N-dealkylation sites (tertiary alicyclic amines) is 1. The Balaban J connectivity index is 0.00000162. The van der Waals surface area contributed by atoms with Gasteiger partial charge in [-0.25, -0.2) is 0 Å². The van der Waals surface area contributed by atoms with Gasteiger partial charge in [-0.3, -0.25) is 4.79 Å². The molecule has 1 aromatic carbocycles. The Morgan fingerprint density at radius 1 is 1.39 bits per heavy atom. The van der Waals surface area contributed by atoms with Gasteiger partial charge in [0, 0.05) is 19.1 Å². The molecule has 1 aromatic rings. The minimum Gasteiger partial charge on any atom is -0.341 e. The van der Waals surface area contributed by atoms with Gasteiger partial charge < -0.3 is 10.6 Å². The van der Waals surface area contributed by atoms with E-state index in [1.807, 2.05) is 42.2 Å². The molecule has 1 heterocycles. The summed E-state index contributed by atoms with van der Waals surface area (Å²) in [6.07, 6.45) is 2.05. The summed E-state index contributed by atoms with van der Waals surface area (Å²) in [5.74, 6) is 0.132. The van der Waals surface area contributed by atoms with Crippen molar-refractivity contribution in [1.82, 2.24) is 4.90 Å². The predicted octanol–water partition coefficient (Wildman–Crippen LogP) is 2.16. The topological polar surface area (TPSA) is 46.3 Å². The molecule has 0 aromatic heterocycles. The highest BCUT2D eigenvalue weighted by molar-refractivity contribution is 5.85. The quantitative estimate of drug-likeness (QED) is 0.894. The number of rotatable bonds is 2. The molecule has 1 amide bonds. The summed E-state index contributed by atoms with van der Waals surface area (Å²) >= 11 is 0. The van der Waals surface area contributed by atoms with E-state index >= 15 is 0 Å². The molecule has 1 saturated heterocycles. The SMILES string of the molecule is CC(C(=O)N1CCCC(N)C1)c1ccccc1.Cl. The van der Waals surface area contributed by atoms with E-state index < -0.39 is 0 Å². The van der Waals surface area contributed by atoms with Crippen LogP contribution in [0.3, 0.4) is 0 Å². The highest BCUT2D eigenvalue weighted by atomic mass is 35.5. The number of nitrogens with two attached hydrogens (primary N) is 1. The van der Waals surface area contributed by atoms with Gasteiger partial charge in [-0.05, 0) is 25.3 Å². The van der Waals surface area contributed by atoms with Crippen molar-refractivity contribution in [3.63, 3.8) is 0 Å². The van der Waals surface area contributed by atoms with Crippen LogP contribution >= 0.6 is 12.4 Å². The molecule has 100 valence electrons. The third kappa shape index (κ3) is 3.47. The number of piperidine rings is 1. The predicted molar refractivity (Wildman–Crippen MR) is 75.9 cm³/mol. The zero-order valence-electron chi connectivity index (χ0n) is 10.7. The Morgan fingerprint density at radius 3 is 2.67 bits per heavy atom. The second-order valence-corrected chi connectivity index (χ2v) is 4.82. The van der Waals surface area contributed by atoms with E-state index in [-0.39, 0.29) is 30.3 Å². The number of hydrogen-bond acceptors (Lipinski definition) is 2. The molecule has 4 heteroatoms. The molecule has 1 aliphatic rings. The van der Waals surface area contributed by atoms with E-state index in [1.54, 1.807) is 0 Å². The second-order valence-electron chi connectivity index (χ2n) is 4.82. The molecular formula is C14H21ClN2O. The third-order valence-corrected chi connectivity index (χ3v) is 3.44. The van der Waals surface area contributed by atoms with Crippen LogP contribution in [-0.2, 0) is 4.79 Å². The maximum atomic E-state index is 12.3. The van der Waals surface area contributed by atoms with Crippen molar-refractivity contribution in [2.24, 2.45) is 5.73 Å². The highest BCUT2D eigenvalue weighted by Crippen LogP contribution is 2.20.